The van der Waals surface area contributed by atoms with Crippen molar-refractivity contribution < 1.29 is 13.2 Å². The molecule has 28 heavy (non-hydrogen) atoms. The summed E-state index contributed by atoms with van der Waals surface area (Å²) in [5, 5.41) is 2.34. The smallest absolute Gasteiger partial charge is 0.369 e. The van der Waals surface area contributed by atoms with Crippen molar-refractivity contribution in [2.75, 3.05) is 31.1 Å². The van der Waals surface area contributed by atoms with Crippen LogP contribution in [0.25, 0.3) is 0 Å². The Kier molecular flexibility index (Phi) is 5.34. The second-order valence-corrected chi connectivity index (χ2v) is 9.33. The Morgan fingerprint density at radius 1 is 0.893 bits per heavy atom. The van der Waals surface area contributed by atoms with Crippen molar-refractivity contribution in [3.05, 3.63) is 29.8 Å². The first-order valence-electron chi connectivity index (χ1n) is 10.3. The summed E-state index contributed by atoms with van der Waals surface area (Å²) in [5.74, 6) is 2.74. The maximum absolute atomic E-state index is 13.0. The first-order chi connectivity index (χ1) is 12.9. The Hall–Kier alpha value is -0.980. The Morgan fingerprint density at radius 3 is 2.00 bits per heavy atom. The van der Waals surface area contributed by atoms with Gasteiger partial charge in [-0.3, -0.25) is 0 Å². The minimum absolute atomic E-state index is 0. The summed E-state index contributed by atoms with van der Waals surface area (Å²) in [7, 11) is 0. The molecule has 0 spiro atoms. The molecule has 4 bridgehead atoms. The fourth-order valence-electron chi connectivity index (χ4n) is 6.54. The molecule has 5 fully saturated rings. The molecule has 7 heteroatoms. The van der Waals surface area contributed by atoms with Crippen molar-refractivity contribution >= 4 is 18.1 Å². The summed E-state index contributed by atoms with van der Waals surface area (Å²) in [5.41, 5.74) is 4.32. The van der Waals surface area contributed by atoms with Crippen molar-refractivity contribution in [2.45, 2.75) is 50.2 Å². The van der Waals surface area contributed by atoms with Crippen LogP contribution in [0.1, 0.15) is 44.1 Å². The highest BCUT2D eigenvalue weighted by Crippen LogP contribution is 2.55. The van der Waals surface area contributed by atoms with E-state index in [1.54, 1.807) is 6.07 Å². The van der Waals surface area contributed by atoms with Crippen LogP contribution in [0.3, 0.4) is 0 Å². The van der Waals surface area contributed by atoms with Crippen LogP contribution >= 0.6 is 12.4 Å². The lowest BCUT2D eigenvalue weighted by Gasteiger charge is -2.58. The lowest BCUT2D eigenvalue weighted by Crippen LogP contribution is -2.65. The predicted octanol–water partition coefficient (Wildman–Crippen LogP) is 4.72. The molecule has 1 saturated heterocycles. The van der Waals surface area contributed by atoms with Crippen LogP contribution in [0.15, 0.2) is 24.3 Å². The standard InChI is InChI=1S/C21H28F3N3.ClH/c22-21(23,24)18-2-1-3-19(11-18)26-4-6-27(7-5-26)25-20-12-15-8-16(13-20)10-17(9-15)14-20;/h1-3,11,15-17,25H,4-10,12-14H2;1H. The molecular formula is C21H29ClF3N3. The predicted molar refractivity (Wildman–Crippen MR) is 107 cm³/mol. The fraction of sp³-hybridized carbons (Fsp3) is 0.714. The van der Waals surface area contributed by atoms with Gasteiger partial charge in [0.15, 0.2) is 0 Å². The second-order valence-electron chi connectivity index (χ2n) is 9.33. The number of rotatable bonds is 3. The van der Waals surface area contributed by atoms with Gasteiger partial charge in [0.1, 0.15) is 0 Å². The number of anilines is 1. The minimum Gasteiger partial charge on any atom is -0.369 e. The molecule has 6 rings (SSSR count). The van der Waals surface area contributed by atoms with Gasteiger partial charge in [0, 0.05) is 37.4 Å². The van der Waals surface area contributed by atoms with E-state index in [1.807, 2.05) is 0 Å². The van der Waals surface area contributed by atoms with Crippen molar-refractivity contribution in [2.24, 2.45) is 17.8 Å². The highest BCUT2D eigenvalue weighted by Gasteiger charge is 2.51. The Bertz CT molecular complexity index is 665. The van der Waals surface area contributed by atoms with Gasteiger partial charge in [-0.15, -0.1) is 12.4 Å². The van der Waals surface area contributed by atoms with Gasteiger partial charge >= 0.3 is 6.18 Å². The molecule has 4 saturated carbocycles. The zero-order valence-corrected chi connectivity index (χ0v) is 16.9. The molecule has 5 aliphatic rings. The summed E-state index contributed by atoms with van der Waals surface area (Å²) in [4.78, 5) is 2.08. The summed E-state index contributed by atoms with van der Waals surface area (Å²) in [6.07, 6.45) is 3.96. The van der Waals surface area contributed by atoms with Gasteiger partial charge in [0.05, 0.1) is 5.56 Å². The van der Waals surface area contributed by atoms with Crippen LogP contribution in [0.5, 0.6) is 0 Å². The van der Waals surface area contributed by atoms with Crippen LogP contribution < -0.4 is 10.3 Å². The van der Waals surface area contributed by atoms with Gasteiger partial charge in [0.2, 0.25) is 0 Å². The molecule has 1 aromatic rings. The van der Waals surface area contributed by atoms with Gasteiger partial charge < -0.3 is 4.90 Å². The number of benzene rings is 1. The van der Waals surface area contributed by atoms with E-state index in [1.165, 1.54) is 50.7 Å². The van der Waals surface area contributed by atoms with Crippen molar-refractivity contribution in [3.8, 4) is 0 Å². The summed E-state index contributed by atoms with van der Waals surface area (Å²) in [6, 6.07) is 5.73. The Labute approximate surface area is 171 Å². The van der Waals surface area contributed by atoms with E-state index in [9.17, 15) is 13.2 Å². The molecule has 0 amide bonds. The second kappa shape index (κ2) is 7.37. The lowest BCUT2D eigenvalue weighted by molar-refractivity contribution is -0.137. The fourth-order valence-corrected chi connectivity index (χ4v) is 6.54. The summed E-state index contributed by atoms with van der Waals surface area (Å²) < 4.78 is 38.9. The summed E-state index contributed by atoms with van der Waals surface area (Å²) >= 11 is 0. The molecular weight excluding hydrogens is 387 g/mol. The third kappa shape index (κ3) is 3.88. The Balaban J connectivity index is 0.00000192. The first kappa shape index (κ1) is 20.3. The molecule has 1 heterocycles. The number of piperazine rings is 1. The van der Waals surface area contributed by atoms with Gasteiger partial charge in [0.25, 0.3) is 0 Å². The van der Waals surface area contributed by atoms with Crippen LogP contribution in [-0.4, -0.2) is 36.7 Å². The largest absolute Gasteiger partial charge is 0.416 e. The number of alkyl halides is 3. The zero-order chi connectivity index (χ0) is 18.6. The van der Waals surface area contributed by atoms with Crippen LogP contribution in [0.2, 0.25) is 0 Å². The molecule has 0 unspecified atom stereocenters. The average Bonchev–Trinajstić information content (AvgIpc) is 2.60. The van der Waals surface area contributed by atoms with E-state index in [4.69, 9.17) is 0 Å². The molecule has 1 aliphatic heterocycles. The van der Waals surface area contributed by atoms with E-state index in [-0.39, 0.29) is 12.4 Å². The van der Waals surface area contributed by atoms with E-state index < -0.39 is 11.7 Å². The molecule has 156 valence electrons. The van der Waals surface area contributed by atoms with Crippen LogP contribution in [0, 0.1) is 17.8 Å². The number of nitrogens with zero attached hydrogens (tertiary/aromatic N) is 2. The third-order valence-electron chi connectivity index (χ3n) is 7.25. The van der Waals surface area contributed by atoms with Gasteiger partial charge in [-0.25, -0.2) is 10.4 Å². The zero-order valence-electron chi connectivity index (χ0n) is 16.0. The molecule has 0 atom stereocenters. The van der Waals surface area contributed by atoms with Crippen LogP contribution in [-0.2, 0) is 6.18 Å². The van der Waals surface area contributed by atoms with E-state index in [0.717, 1.165) is 50.0 Å². The Morgan fingerprint density at radius 2 is 1.46 bits per heavy atom. The highest BCUT2D eigenvalue weighted by atomic mass is 35.5. The maximum atomic E-state index is 13.0. The number of hydrogen-bond acceptors (Lipinski definition) is 3. The lowest BCUT2D eigenvalue weighted by atomic mass is 9.53. The first-order valence-corrected chi connectivity index (χ1v) is 10.3. The number of hydrazine groups is 1. The topological polar surface area (TPSA) is 18.5 Å². The minimum atomic E-state index is -4.28. The molecule has 3 nitrogen and oxygen atoms in total. The quantitative estimate of drug-likeness (QED) is 0.770. The van der Waals surface area contributed by atoms with Gasteiger partial charge in [-0.1, -0.05) is 6.07 Å². The molecule has 0 aromatic heterocycles. The average molecular weight is 416 g/mol. The van der Waals surface area contributed by atoms with E-state index in [0.29, 0.717) is 11.2 Å². The van der Waals surface area contributed by atoms with Gasteiger partial charge in [-0.05, 0) is 74.5 Å². The highest BCUT2D eigenvalue weighted by molar-refractivity contribution is 5.85. The number of hydrogen-bond donors (Lipinski definition) is 1. The molecule has 0 radical (unpaired) electrons. The van der Waals surface area contributed by atoms with Crippen molar-refractivity contribution in [1.29, 1.82) is 0 Å². The van der Waals surface area contributed by atoms with E-state index >= 15 is 0 Å². The van der Waals surface area contributed by atoms with Crippen molar-refractivity contribution in [1.82, 2.24) is 10.4 Å². The number of halogens is 4. The molecule has 4 aliphatic carbocycles. The van der Waals surface area contributed by atoms with Crippen molar-refractivity contribution in [3.63, 3.8) is 0 Å². The molecule has 1 aromatic carbocycles. The normalized spacial score (nSPS) is 35.1. The van der Waals surface area contributed by atoms with E-state index in [2.05, 4.69) is 15.3 Å². The third-order valence-corrected chi connectivity index (χ3v) is 7.25. The number of nitrogens with one attached hydrogen (secondary N) is 1. The maximum Gasteiger partial charge on any atom is 0.416 e. The molecule has 1 N–H and O–H groups in total. The summed E-state index contributed by atoms with van der Waals surface area (Å²) in [6.45, 7) is 3.25. The van der Waals surface area contributed by atoms with Gasteiger partial charge in [-0.2, -0.15) is 13.2 Å². The SMILES string of the molecule is Cl.FC(F)(F)c1cccc(N2CCN(NC34CC5CC(CC(C5)C3)C4)CC2)c1. The van der Waals surface area contributed by atoms with Crippen LogP contribution in [0.4, 0.5) is 18.9 Å². The monoisotopic (exact) mass is 415 g/mol.